The molecule has 0 saturated carbocycles. The Hall–Kier alpha value is -2.11. The first-order chi connectivity index (χ1) is 9.77. The van der Waals surface area contributed by atoms with E-state index in [4.69, 9.17) is 5.26 Å². The first kappa shape index (κ1) is 14.3. The predicted octanol–water partition coefficient (Wildman–Crippen LogP) is 3.50. The average Bonchev–Trinajstić information content (AvgIpc) is 2.53. The monoisotopic (exact) mass is 264 g/mol. The van der Waals surface area contributed by atoms with Crippen LogP contribution in [0.15, 0.2) is 60.7 Å². The third-order valence-corrected chi connectivity index (χ3v) is 3.83. The van der Waals surface area contributed by atoms with Crippen LogP contribution in [0.3, 0.4) is 0 Å². The van der Waals surface area contributed by atoms with Crippen LogP contribution in [0.5, 0.6) is 0 Å². The van der Waals surface area contributed by atoms with Crippen molar-refractivity contribution in [3.63, 3.8) is 0 Å². The van der Waals surface area contributed by atoms with Gasteiger partial charge in [-0.2, -0.15) is 5.26 Å². The van der Waals surface area contributed by atoms with Gasteiger partial charge in [-0.25, -0.2) is 0 Å². The van der Waals surface area contributed by atoms with E-state index in [1.165, 1.54) is 11.1 Å². The maximum absolute atomic E-state index is 8.62. The summed E-state index contributed by atoms with van der Waals surface area (Å²) in [6, 6.07) is 23.3. The predicted molar refractivity (Wildman–Crippen MR) is 82.4 cm³/mol. The van der Waals surface area contributed by atoms with Crippen LogP contribution in [-0.2, 0) is 5.41 Å². The minimum Gasteiger partial charge on any atom is -0.304 e. The fourth-order valence-corrected chi connectivity index (χ4v) is 2.55. The van der Waals surface area contributed by atoms with Gasteiger partial charge in [-0.05, 0) is 24.1 Å². The van der Waals surface area contributed by atoms with E-state index in [0.717, 1.165) is 13.0 Å². The molecule has 0 amide bonds. The Morgan fingerprint density at radius 1 is 0.950 bits per heavy atom. The topological polar surface area (TPSA) is 35.8 Å². The molecule has 2 heteroatoms. The lowest BCUT2D eigenvalue weighted by molar-refractivity contribution is 0.499. The van der Waals surface area contributed by atoms with Crippen LogP contribution in [0.25, 0.3) is 0 Å². The van der Waals surface area contributed by atoms with Crippen molar-refractivity contribution in [2.45, 2.75) is 18.8 Å². The van der Waals surface area contributed by atoms with Crippen LogP contribution in [0.2, 0.25) is 0 Å². The van der Waals surface area contributed by atoms with E-state index in [2.05, 4.69) is 66.8 Å². The Morgan fingerprint density at radius 3 is 1.90 bits per heavy atom. The van der Waals surface area contributed by atoms with Gasteiger partial charge >= 0.3 is 0 Å². The van der Waals surface area contributed by atoms with E-state index in [1.54, 1.807) is 0 Å². The zero-order valence-corrected chi connectivity index (χ0v) is 11.8. The van der Waals surface area contributed by atoms with Gasteiger partial charge in [0.2, 0.25) is 0 Å². The molecule has 0 saturated heterocycles. The number of hydrogen-bond acceptors (Lipinski definition) is 2. The van der Waals surface area contributed by atoms with Crippen LogP contribution in [0.4, 0.5) is 0 Å². The van der Waals surface area contributed by atoms with Crippen LogP contribution in [0, 0.1) is 11.3 Å². The lowest BCUT2D eigenvalue weighted by atomic mass is 9.74. The number of benzene rings is 2. The van der Waals surface area contributed by atoms with Crippen molar-refractivity contribution in [1.29, 1.82) is 5.26 Å². The summed E-state index contributed by atoms with van der Waals surface area (Å²) in [5, 5.41) is 11.8. The van der Waals surface area contributed by atoms with Crippen molar-refractivity contribution in [2.24, 2.45) is 0 Å². The lowest BCUT2D eigenvalue weighted by Crippen LogP contribution is -2.29. The SMILES string of the molecule is CC(CCNCC#N)(c1ccccc1)c1ccccc1. The molecule has 0 aromatic heterocycles. The Kier molecular flexibility index (Phi) is 4.92. The maximum Gasteiger partial charge on any atom is 0.0840 e. The van der Waals surface area contributed by atoms with Crippen molar-refractivity contribution < 1.29 is 0 Å². The van der Waals surface area contributed by atoms with Crippen LogP contribution in [-0.4, -0.2) is 13.1 Å². The average molecular weight is 264 g/mol. The zero-order valence-electron chi connectivity index (χ0n) is 11.8. The molecule has 0 bridgehead atoms. The summed E-state index contributed by atoms with van der Waals surface area (Å²) in [5.74, 6) is 0. The minimum absolute atomic E-state index is 0.0367. The van der Waals surface area contributed by atoms with Crippen LogP contribution < -0.4 is 5.32 Å². The largest absolute Gasteiger partial charge is 0.304 e. The Balaban J connectivity index is 2.27. The highest BCUT2D eigenvalue weighted by Gasteiger charge is 2.27. The van der Waals surface area contributed by atoms with Gasteiger partial charge < -0.3 is 5.32 Å². The lowest BCUT2D eigenvalue weighted by Gasteiger charge is -2.31. The number of nitrogens with one attached hydrogen (secondary N) is 1. The van der Waals surface area contributed by atoms with Gasteiger partial charge in [0, 0.05) is 5.41 Å². The Labute approximate surface area is 121 Å². The van der Waals surface area contributed by atoms with Crippen molar-refractivity contribution in [2.75, 3.05) is 13.1 Å². The zero-order chi connectivity index (χ0) is 14.3. The Bertz CT molecular complexity index is 515. The molecule has 0 unspecified atom stereocenters. The van der Waals surface area contributed by atoms with Crippen LogP contribution >= 0.6 is 0 Å². The van der Waals surface area contributed by atoms with Gasteiger partial charge in [0.1, 0.15) is 0 Å². The highest BCUT2D eigenvalue weighted by Crippen LogP contribution is 2.34. The van der Waals surface area contributed by atoms with E-state index in [-0.39, 0.29) is 5.41 Å². The highest BCUT2D eigenvalue weighted by atomic mass is 14.8. The number of rotatable bonds is 6. The third-order valence-electron chi connectivity index (χ3n) is 3.83. The second kappa shape index (κ2) is 6.88. The quantitative estimate of drug-likeness (QED) is 0.640. The van der Waals surface area contributed by atoms with Crippen molar-refractivity contribution in [1.82, 2.24) is 5.32 Å². The van der Waals surface area contributed by atoms with Gasteiger partial charge in [0.05, 0.1) is 12.6 Å². The molecule has 0 radical (unpaired) electrons. The molecule has 2 rings (SSSR count). The first-order valence-electron chi connectivity index (χ1n) is 6.96. The molecule has 20 heavy (non-hydrogen) atoms. The molecule has 0 aliphatic heterocycles. The molecule has 0 fully saturated rings. The summed E-state index contributed by atoms with van der Waals surface area (Å²) in [7, 11) is 0. The molecule has 2 aromatic carbocycles. The van der Waals surface area contributed by atoms with Crippen molar-refractivity contribution in [3.8, 4) is 6.07 Å². The number of hydrogen-bond donors (Lipinski definition) is 1. The van der Waals surface area contributed by atoms with Gasteiger partial charge in [-0.15, -0.1) is 0 Å². The fourth-order valence-electron chi connectivity index (χ4n) is 2.55. The number of nitriles is 1. The van der Waals surface area contributed by atoms with E-state index in [0.29, 0.717) is 6.54 Å². The Morgan fingerprint density at radius 2 is 1.45 bits per heavy atom. The molecular weight excluding hydrogens is 244 g/mol. The molecule has 102 valence electrons. The van der Waals surface area contributed by atoms with E-state index in [1.807, 2.05) is 12.1 Å². The van der Waals surface area contributed by atoms with Crippen molar-refractivity contribution >= 4 is 0 Å². The minimum atomic E-state index is -0.0367. The summed E-state index contributed by atoms with van der Waals surface area (Å²) in [4.78, 5) is 0. The molecule has 2 nitrogen and oxygen atoms in total. The molecule has 2 aromatic rings. The summed E-state index contributed by atoms with van der Waals surface area (Å²) < 4.78 is 0. The van der Waals surface area contributed by atoms with E-state index >= 15 is 0 Å². The molecule has 0 atom stereocenters. The van der Waals surface area contributed by atoms with Gasteiger partial charge in [0.15, 0.2) is 0 Å². The summed E-state index contributed by atoms with van der Waals surface area (Å²) in [6.07, 6.45) is 0.961. The second-order valence-corrected chi connectivity index (χ2v) is 5.15. The van der Waals surface area contributed by atoms with Crippen LogP contribution in [0.1, 0.15) is 24.5 Å². The van der Waals surface area contributed by atoms with Gasteiger partial charge in [-0.1, -0.05) is 67.6 Å². The molecule has 0 spiro atoms. The molecule has 0 aliphatic rings. The maximum atomic E-state index is 8.62. The van der Waals surface area contributed by atoms with E-state index < -0.39 is 0 Å². The molecule has 1 N–H and O–H groups in total. The standard InChI is InChI=1S/C18H20N2/c1-18(12-14-20-15-13-19,16-8-4-2-5-9-16)17-10-6-3-7-11-17/h2-11,20H,12,14-15H2,1H3. The summed E-state index contributed by atoms with van der Waals surface area (Å²) in [5.41, 5.74) is 2.58. The molecular formula is C18H20N2. The fraction of sp³-hybridized carbons (Fsp3) is 0.278. The first-order valence-corrected chi connectivity index (χ1v) is 6.96. The highest BCUT2D eigenvalue weighted by molar-refractivity contribution is 5.38. The third kappa shape index (κ3) is 3.26. The number of nitrogens with zero attached hydrogens (tertiary/aromatic N) is 1. The van der Waals surface area contributed by atoms with Gasteiger partial charge in [-0.3, -0.25) is 0 Å². The normalized spacial score (nSPS) is 11.0. The van der Waals surface area contributed by atoms with Gasteiger partial charge in [0.25, 0.3) is 0 Å². The second-order valence-electron chi connectivity index (χ2n) is 5.15. The molecule has 0 heterocycles. The smallest absolute Gasteiger partial charge is 0.0840 e. The summed E-state index contributed by atoms with van der Waals surface area (Å²) in [6.45, 7) is 3.50. The van der Waals surface area contributed by atoms with E-state index in [9.17, 15) is 0 Å². The molecule has 0 aliphatic carbocycles. The summed E-state index contributed by atoms with van der Waals surface area (Å²) >= 11 is 0. The van der Waals surface area contributed by atoms with Crippen molar-refractivity contribution in [3.05, 3.63) is 71.8 Å².